The number of hydrogen-bond donors (Lipinski definition) is 0. The Hall–Kier alpha value is -2.43. The van der Waals surface area contributed by atoms with E-state index in [0.717, 1.165) is 5.56 Å². The highest BCUT2D eigenvalue weighted by Gasteiger charge is 2.30. The monoisotopic (exact) mass is 372 g/mol. The Morgan fingerprint density at radius 1 is 1.32 bits per heavy atom. The van der Waals surface area contributed by atoms with Crippen LogP contribution in [0.3, 0.4) is 0 Å². The second kappa shape index (κ2) is 8.60. The molecular weight excluding hydrogens is 356 g/mol. The smallest absolute Gasteiger partial charge is 0.348 e. The summed E-state index contributed by atoms with van der Waals surface area (Å²) in [6.45, 7) is 4.33. The van der Waals surface area contributed by atoms with Crippen LogP contribution in [0.5, 0.6) is 0 Å². The van der Waals surface area contributed by atoms with Gasteiger partial charge in [0.1, 0.15) is 16.0 Å². The fourth-order valence-corrected chi connectivity index (χ4v) is 3.51. The predicted molar refractivity (Wildman–Crippen MR) is 102 cm³/mol. The first-order chi connectivity index (χ1) is 12.0. The van der Waals surface area contributed by atoms with Crippen LogP contribution in [0.1, 0.15) is 25.0 Å². The van der Waals surface area contributed by atoms with Crippen LogP contribution in [-0.2, 0) is 14.3 Å². The van der Waals surface area contributed by atoms with Crippen molar-refractivity contribution in [2.24, 2.45) is 0 Å². The minimum Gasteiger partial charge on any atom is -0.462 e. The van der Waals surface area contributed by atoms with Crippen molar-refractivity contribution in [3.63, 3.8) is 0 Å². The number of benzene rings is 1. The van der Waals surface area contributed by atoms with Crippen molar-refractivity contribution in [1.82, 2.24) is 4.90 Å². The molecule has 25 heavy (non-hydrogen) atoms. The Labute approximate surface area is 155 Å². The third kappa shape index (κ3) is 4.56. The van der Waals surface area contributed by atoms with Crippen LogP contribution in [0, 0.1) is 11.3 Å². The number of thioether (sulfide) groups is 1. The molecule has 128 valence electrons. The first kappa shape index (κ1) is 18.9. The maximum Gasteiger partial charge on any atom is 0.348 e. The van der Waals surface area contributed by atoms with Gasteiger partial charge in [0, 0.05) is 6.54 Å². The highest BCUT2D eigenvalue weighted by atomic mass is 32.2. The standard InChI is InChI=1S/C18H16N2O3S2/c1-3-20-16(21)15(25-18(20)24)10-13-7-5-12(6-8-13)9-14(11-19)17(22)23-4-2/h5-10H,3-4H2,1-2H3/b14-9+,15-10-. The van der Waals surface area contributed by atoms with E-state index in [4.69, 9.17) is 22.2 Å². The quantitative estimate of drug-likeness (QED) is 0.342. The van der Waals surface area contributed by atoms with Gasteiger partial charge in [-0.05, 0) is 37.1 Å². The average molecular weight is 372 g/mol. The summed E-state index contributed by atoms with van der Waals surface area (Å²) < 4.78 is 5.39. The third-order valence-electron chi connectivity index (χ3n) is 3.35. The largest absolute Gasteiger partial charge is 0.462 e. The molecule has 5 nitrogen and oxygen atoms in total. The van der Waals surface area contributed by atoms with Crippen LogP contribution in [-0.4, -0.2) is 34.2 Å². The molecule has 0 saturated carbocycles. The normalized spacial score (nSPS) is 16.3. The summed E-state index contributed by atoms with van der Waals surface area (Å²) in [6, 6.07) is 8.99. The fourth-order valence-electron chi connectivity index (χ4n) is 2.12. The van der Waals surface area contributed by atoms with Crippen molar-refractivity contribution in [1.29, 1.82) is 5.26 Å². The van der Waals surface area contributed by atoms with Crippen LogP contribution in [0.25, 0.3) is 12.2 Å². The maximum atomic E-state index is 12.2. The summed E-state index contributed by atoms with van der Waals surface area (Å²) in [5, 5.41) is 9.05. The second-order valence-corrected chi connectivity index (χ2v) is 6.66. The summed E-state index contributed by atoms with van der Waals surface area (Å²) in [5.41, 5.74) is 1.48. The van der Waals surface area contributed by atoms with Gasteiger partial charge in [0.15, 0.2) is 0 Å². The van der Waals surface area contributed by atoms with E-state index in [-0.39, 0.29) is 18.1 Å². The lowest BCUT2D eigenvalue weighted by Crippen LogP contribution is -2.27. The summed E-state index contributed by atoms with van der Waals surface area (Å²) in [6.07, 6.45) is 3.25. The number of nitriles is 1. The summed E-state index contributed by atoms with van der Waals surface area (Å²) in [5.74, 6) is -0.729. The average Bonchev–Trinajstić information content (AvgIpc) is 2.87. The molecule has 1 aromatic carbocycles. The fraction of sp³-hybridized carbons (Fsp3) is 0.222. The molecule has 7 heteroatoms. The van der Waals surface area contributed by atoms with E-state index in [0.29, 0.717) is 21.3 Å². The second-order valence-electron chi connectivity index (χ2n) is 4.98. The number of rotatable bonds is 5. The number of likely N-dealkylation sites (N-methyl/N-ethyl adjacent to an activating group) is 1. The van der Waals surface area contributed by atoms with Crippen LogP contribution in [0.4, 0.5) is 0 Å². The first-order valence-electron chi connectivity index (χ1n) is 7.64. The number of carbonyl (C=O) groups excluding carboxylic acids is 2. The molecule has 1 fully saturated rings. The molecule has 1 aliphatic rings. The summed E-state index contributed by atoms with van der Waals surface area (Å²) >= 11 is 6.46. The zero-order valence-corrected chi connectivity index (χ0v) is 15.4. The van der Waals surface area contributed by atoms with E-state index in [9.17, 15) is 9.59 Å². The van der Waals surface area contributed by atoms with E-state index < -0.39 is 5.97 Å². The number of amides is 1. The highest BCUT2D eigenvalue weighted by molar-refractivity contribution is 8.26. The van der Waals surface area contributed by atoms with Crippen LogP contribution in [0.2, 0.25) is 0 Å². The Bertz CT molecular complexity index is 805. The zero-order chi connectivity index (χ0) is 18.4. The van der Waals surface area contributed by atoms with Gasteiger partial charge in [0.05, 0.1) is 11.5 Å². The number of thiocarbonyl (C=S) groups is 1. The van der Waals surface area contributed by atoms with E-state index in [2.05, 4.69) is 0 Å². The molecule has 0 aliphatic carbocycles. The lowest BCUT2D eigenvalue weighted by molar-refractivity contribution is -0.137. The molecule has 0 aromatic heterocycles. The molecule has 0 unspecified atom stereocenters. The van der Waals surface area contributed by atoms with Gasteiger partial charge in [-0.15, -0.1) is 0 Å². The van der Waals surface area contributed by atoms with Gasteiger partial charge >= 0.3 is 5.97 Å². The minimum absolute atomic E-state index is 0.0570. The molecule has 1 saturated heterocycles. The van der Waals surface area contributed by atoms with Gasteiger partial charge in [-0.1, -0.05) is 48.2 Å². The number of hydrogen-bond acceptors (Lipinski definition) is 6. The molecule has 1 heterocycles. The Balaban J connectivity index is 2.19. The van der Waals surface area contributed by atoms with Crippen molar-refractivity contribution >= 4 is 52.3 Å². The molecule has 0 spiro atoms. The highest BCUT2D eigenvalue weighted by Crippen LogP contribution is 2.32. The van der Waals surface area contributed by atoms with Crippen molar-refractivity contribution in [2.45, 2.75) is 13.8 Å². The third-order valence-corrected chi connectivity index (χ3v) is 4.73. The van der Waals surface area contributed by atoms with Crippen LogP contribution >= 0.6 is 24.0 Å². The number of nitrogens with zero attached hydrogens (tertiary/aromatic N) is 2. The molecular formula is C18H16N2O3S2. The van der Waals surface area contributed by atoms with E-state index in [1.807, 2.05) is 25.1 Å². The van der Waals surface area contributed by atoms with Crippen LogP contribution in [0.15, 0.2) is 34.7 Å². The van der Waals surface area contributed by atoms with Crippen molar-refractivity contribution < 1.29 is 14.3 Å². The zero-order valence-electron chi connectivity index (χ0n) is 13.8. The topological polar surface area (TPSA) is 70.4 Å². The van der Waals surface area contributed by atoms with E-state index in [1.54, 1.807) is 30.0 Å². The van der Waals surface area contributed by atoms with E-state index in [1.165, 1.54) is 17.8 Å². The Morgan fingerprint density at radius 3 is 2.48 bits per heavy atom. The first-order valence-corrected chi connectivity index (χ1v) is 8.87. The summed E-state index contributed by atoms with van der Waals surface area (Å²) in [7, 11) is 0. The van der Waals surface area contributed by atoms with Gasteiger partial charge in [0.25, 0.3) is 5.91 Å². The Kier molecular flexibility index (Phi) is 6.51. The lowest BCUT2D eigenvalue weighted by Gasteiger charge is -2.09. The van der Waals surface area contributed by atoms with Gasteiger partial charge in [-0.25, -0.2) is 4.79 Å². The molecule has 0 radical (unpaired) electrons. The molecule has 0 atom stereocenters. The number of carbonyl (C=O) groups is 2. The van der Waals surface area contributed by atoms with E-state index >= 15 is 0 Å². The molecule has 2 rings (SSSR count). The number of esters is 1. The lowest BCUT2D eigenvalue weighted by atomic mass is 10.1. The van der Waals surface area contributed by atoms with Gasteiger partial charge in [0.2, 0.25) is 0 Å². The molecule has 0 bridgehead atoms. The van der Waals surface area contributed by atoms with Gasteiger partial charge in [-0.2, -0.15) is 5.26 Å². The van der Waals surface area contributed by atoms with Crippen molar-refractivity contribution in [2.75, 3.05) is 13.2 Å². The maximum absolute atomic E-state index is 12.2. The van der Waals surface area contributed by atoms with Gasteiger partial charge in [-0.3, -0.25) is 9.69 Å². The molecule has 1 aromatic rings. The van der Waals surface area contributed by atoms with Crippen molar-refractivity contribution in [3.8, 4) is 6.07 Å². The predicted octanol–water partition coefficient (Wildman–Crippen LogP) is 3.38. The number of ether oxygens (including phenoxy) is 1. The molecule has 0 N–H and O–H groups in total. The minimum atomic E-state index is -0.641. The SMILES string of the molecule is CCOC(=O)/C(C#N)=C/c1ccc(/C=C2\SC(=S)N(CC)C2=O)cc1. The van der Waals surface area contributed by atoms with Crippen LogP contribution < -0.4 is 0 Å². The molecule has 1 aliphatic heterocycles. The summed E-state index contributed by atoms with van der Waals surface area (Å²) in [4.78, 5) is 26.0. The van der Waals surface area contributed by atoms with Gasteiger partial charge < -0.3 is 4.74 Å². The molecule has 1 amide bonds. The van der Waals surface area contributed by atoms with Crippen molar-refractivity contribution in [3.05, 3.63) is 45.9 Å². The Morgan fingerprint density at radius 2 is 1.96 bits per heavy atom.